The number of pyridine rings is 1. The first-order chi connectivity index (χ1) is 12.3. The van der Waals surface area contributed by atoms with Crippen LogP contribution in [-0.2, 0) is 7.05 Å². The van der Waals surface area contributed by atoms with E-state index in [4.69, 9.17) is 27.9 Å². The summed E-state index contributed by atoms with van der Waals surface area (Å²) in [6.07, 6.45) is 1.38. The minimum atomic E-state index is -0.102. The number of aromatic nitrogens is 1. The van der Waals surface area contributed by atoms with Crippen molar-refractivity contribution in [1.82, 2.24) is 9.47 Å². The molecule has 1 saturated heterocycles. The van der Waals surface area contributed by atoms with Crippen molar-refractivity contribution in [2.75, 3.05) is 13.1 Å². The first-order valence-corrected chi connectivity index (χ1v) is 9.19. The van der Waals surface area contributed by atoms with Gasteiger partial charge in [-0.05, 0) is 31.2 Å². The number of halogens is 2. The SMILES string of the molecule is Cc1cc(OC2CCN(C(=O)c3ccc(Cl)cc3Cl)CC2)cc(=O)n1C. The molecule has 7 heteroatoms. The van der Waals surface area contributed by atoms with Crippen molar-refractivity contribution in [3.05, 3.63) is 62.0 Å². The molecule has 2 aromatic rings. The molecule has 0 radical (unpaired) electrons. The summed E-state index contributed by atoms with van der Waals surface area (Å²) in [5, 5.41) is 0.861. The normalized spacial score (nSPS) is 15.2. The third-order valence-corrected chi connectivity index (χ3v) is 5.22. The van der Waals surface area contributed by atoms with Gasteiger partial charge in [0.25, 0.3) is 11.5 Å². The summed E-state index contributed by atoms with van der Waals surface area (Å²) >= 11 is 12.0. The lowest BCUT2D eigenvalue weighted by atomic mass is 10.1. The zero-order valence-electron chi connectivity index (χ0n) is 14.7. The third kappa shape index (κ3) is 4.05. The quantitative estimate of drug-likeness (QED) is 0.797. The second-order valence-corrected chi connectivity index (χ2v) is 7.31. The van der Waals surface area contributed by atoms with Gasteiger partial charge >= 0.3 is 0 Å². The standard InChI is InChI=1S/C19H20Cl2N2O3/c1-12-9-15(11-18(24)22(12)2)26-14-5-7-23(8-6-14)19(25)16-4-3-13(20)10-17(16)21/h3-4,9-11,14H,5-8H2,1-2H3. The van der Waals surface area contributed by atoms with Gasteiger partial charge in [-0.3, -0.25) is 9.59 Å². The number of piperidine rings is 1. The van der Waals surface area contributed by atoms with E-state index in [2.05, 4.69) is 0 Å². The van der Waals surface area contributed by atoms with Gasteiger partial charge in [-0.15, -0.1) is 0 Å². The molecular formula is C19H20Cl2N2O3. The van der Waals surface area contributed by atoms with Gasteiger partial charge in [-0.2, -0.15) is 0 Å². The molecule has 1 aromatic heterocycles. The average molecular weight is 395 g/mol. The molecule has 0 unspecified atom stereocenters. The largest absolute Gasteiger partial charge is 0.490 e. The van der Waals surface area contributed by atoms with Gasteiger partial charge in [0.05, 0.1) is 10.6 Å². The van der Waals surface area contributed by atoms with Crippen LogP contribution in [0.1, 0.15) is 28.9 Å². The summed E-state index contributed by atoms with van der Waals surface area (Å²) in [5.41, 5.74) is 1.21. The van der Waals surface area contributed by atoms with Gasteiger partial charge < -0.3 is 14.2 Å². The number of aryl methyl sites for hydroxylation is 1. The number of hydrogen-bond donors (Lipinski definition) is 0. The summed E-state index contributed by atoms with van der Waals surface area (Å²) in [6, 6.07) is 8.24. The Labute approximate surface area is 162 Å². The fourth-order valence-electron chi connectivity index (χ4n) is 3.01. The highest BCUT2D eigenvalue weighted by Gasteiger charge is 2.26. The number of hydrogen-bond acceptors (Lipinski definition) is 3. The van der Waals surface area contributed by atoms with Crippen LogP contribution in [0.5, 0.6) is 5.75 Å². The molecule has 1 aliphatic heterocycles. The molecule has 3 rings (SSSR count). The molecule has 138 valence electrons. The maximum absolute atomic E-state index is 12.6. The van der Waals surface area contributed by atoms with Crippen molar-refractivity contribution in [3.8, 4) is 5.75 Å². The number of rotatable bonds is 3. The number of nitrogens with zero attached hydrogens (tertiary/aromatic N) is 2. The lowest BCUT2D eigenvalue weighted by molar-refractivity contribution is 0.0595. The predicted octanol–water partition coefficient (Wildman–Crippen LogP) is 3.68. The van der Waals surface area contributed by atoms with Crippen LogP contribution < -0.4 is 10.3 Å². The van der Waals surface area contributed by atoms with Crippen molar-refractivity contribution in [1.29, 1.82) is 0 Å². The Hall–Kier alpha value is -1.98. The highest BCUT2D eigenvalue weighted by molar-refractivity contribution is 6.36. The molecule has 0 saturated carbocycles. The number of benzene rings is 1. The predicted molar refractivity (Wildman–Crippen MR) is 102 cm³/mol. The van der Waals surface area contributed by atoms with E-state index in [1.165, 1.54) is 6.07 Å². The Kier molecular flexibility index (Phi) is 5.58. The molecule has 1 amide bonds. The van der Waals surface area contributed by atoms with Gasteiger partial charge in [0.2, 0.25) is 0 Å². The van der Waals surface area contributed by atoms with E-state index in [9.17, 15) is 9.59 Å². The number of carbonyl (C=O) groups excluding carboxylic acids is 1. The molecule has 5 nitrogen and oxygen atoms in total. The number of ether oxygens (including phenoxy) is 1. The van der Waals surface area contributed by atoms with Crippen molar-refractivity contribution in [3.63, 3.8) is 0 Å². The van der Waals surface area contributed by atoms with Crippen molar-refractivity contribution >= 4 is 29.1 Å². The summed E-state index contributed by atoms with van der Waals surface area (Å²) in [7, 11) is 1.73. The minimum Gasteiger partial charge on any atom is -0.490 e. The molecule has 1 aromatic carbocycles. The summed E-state index contributed by atoms with van der Waals surface area (Å²) in [6.45, 7) is 3.02. The van der Waals surface area contributed by atoms with Crippen LogP contribution in [0.15, 0.2) is 35.1 Å². The van der Waals surface area contributed by atoms with E-state index in [1.807, 2.05) is 13.0 Å². The zero-order valence-corrected chi connectivity index (χ0v) is 16.2. The van der Waals surface area contributed by atoms with Gasteiger partial charge in [0.1, 0.15) is 11.9 Å². The Morgan fingerprint density at radius 2 is 1.85 bits per heavy atom. The van der Waals surface area contributed by atoms with Gasteiger partial charge in [0, 0.05) is 49.8 Å². The van der Waals surface area contributed by atoms with Crippen LogP contribution in [0.4, 0.5) is 0 Å². The van der Waals surface area contributed by atoms with Gasteiger partial charge in [-0.1, -0.05) is 23.2 Å². The lowest BCUT2D eigenvalue weighted by Crippen LogP contribution is -2.42. The maximum Gasteiger partial charge on any atom is 0.255 e. The fourth-order valence-corrected chi connectivity index (χ4v) is 3.50. The maximum atomic E-state index is 12.6. The van der Waals surface area contributed by atoms with E-state index < -0.39 is 0 Å². The van der Waals surface area contributed by atoms with Crippen molar-refractivity contribution in [2.45, 2.75) is 25.9 Å². The molecule has 0 spiro atoms. The van der Waals surface area contributed by atoms with E-state index in [1.54, 1.807) is 34.7 Å². The molecule has 0 aliphatic carbocycles. The molecule has 26 heavy (non-hydrogen) atoms. The molecule has 0 N–H and O–H groups in total. The number of likely N-dealkylation sites (tertiary alicyclic amines) is 1. The van der Waals surface area contributed by atoms with E-state index >= 15 is 0 Å². The molecule has 2 heterocycles. The van der Waals surface area contributed by atoms with E-state index in [-0.39, 0.29) is 17.6 Å². The van der Waals surface area contributed by atoms with Crippen LogP contribution in [0, 0.1) is 6.92 Å². The third-order valence-electron chi connectivity index (χ3n) is 4.67. The Bertz CT molecular complexity index is 887. The van der Waals surface area contributed by atoms with Crippen LogP contribution in [0.2, 0.25) is 10.0 Å². The highest BCUT2D eigenvalue weighted by Crippen LogP contribution is 2.25. The lowest BCUT2D eigenvalue weighted by Gasteiger charge is -2.32. The van der Waals surface area contributed by atoms with Crippen LogP contribution in [-0.4, -0.2) is 34.6 Å². The minimum absolute atomic E-state index is 0.0220. The Balaban J connectivity index is 1.62. The van der Waals surface area contributed by atoms with E-state index in [0.29, 0.717) is 47.3 Å². The van der Waals surface area contributed by atoms with Crippen molar-refractivity contribution < 1.29 is 9.53 Å². The van der Waals surface area contributed by atoms with Gasteiger partial charge in [0.15, 0.2) is 0 Å². The first-order valence-electron chi connectivity index (χ1n) is 8.44. The van der Waals surface area contributed by atoms with Gasteiger partial charge in [-0.25, -0.2) is 0 Å². The fraction of sp³-hybridized carbons (Fsp3) is 0.368. The summed E-state index contributed by atoms with van der Waals surface area (Å²) in [4.78, 5) is 26.3. The molecular weight excluding hydrogens is 375 g/mol. The van der Waals surface area contributed by atoms with Crippen LogP contribution in [0.3, 0.4) is 0 Å². The summed E-state index contributed by atoms with van der Waals surface area (Å²) in [5.74, 6) is 0.477. The monoisotopic (exact) mass is 394 g/mol. The highest BCUT2D eigenvalue weighted by atomic mass is 35.5. The van der Waals surface area contributed by atoms with E-state index in [0.717, 1.165) is 5.69 Å². The first kappa shape index (κ1) is 18.8. The topological polar surface area (TPSA) is 51.5 Å². The Morgan fingerprint density at radius 3 is 2.46 bits per heavy atom. The molecule has 1 fully saturated rings. The number of amides is 1. The van der Waals surface area contributed by atoms with Crippen molar-refractivity contribution in [2.24, 2.45) is 7.05 Å². The molecule has 0 bridgehead atoms. The van der Waals surface area contributed by atoms with Crippen LogP contribution >= 0.6 is 23.2 Å². The Morgan fingerprint density at radius 1 is 1.15 bits per heavy atom. The second-order valence-electron chi connectivity index (χ2n) is 6.46. The zero-order chi connectivity index (χ0) is 18.8. The smallest absolute Gasteiger partial charge is 0.255 e. The number of carbonyl (C=O) groups is 1. The average Bonchev–Trinajstić information content (AvgIpc) is 2.60. The molecule has 1 aliphatic rings. The summed E-state index contributed by atoms with van der Waals surface area (Å²) < 4.78 is 7.52. The van der Waals surface area contributed by atoms with Crippen LogP contribution in [0.25, 0.3) is 0 Å². The second kappa shape index (κ2) is 7.72. The molecule has 0 atom stereocenters.